The summed E-state index contributed by atoms with van der Waals surface area (Å²) in [6, 6.07) is 4.46. The van der Waals surface area contributed by atoms with E-state index < -0.39 is 5.91 Å². The van der Waals surface area contributed by atoms with Crippen molar-refractivity contribution in [3.63, 3.8) is 0 Å². The summed E-state index contributed by atoms with van der Waals surface area (Å²) in [6.07, 6.45) is 3.28. The van der Waals surface area contributed by atoms with Crippen molar-refractivity contribution < 1.29 is 25.3 Å². The highest BCUT2D eigenvalue weighted by Gasteiger charge is 2.35. The number of hydrogen-bond donors (Lipinski definition) is 1. The Kier molecular flexibility index (Phi) is 10.4. The van der Waals surface area contributed by atoms with Gasteiger partial charge in [-0.05, 0) is 12.1 Å². The maximum Gasteiger partial charge on any atom is 0.261 e. The molecule has 0 aliphatic carbocycles. The number of unbranched alkanes of at least 4 members (excludes halogenated alkanes) is 1. The highest BCUT2D eigenvalue weighted by atomic mass is 16.5. The minimum atomic E-state index is -0.397. The van der Waals surface area contributed by atoms with Crippen molar-refractivity contribution in [3.8, 4) is 0 Å². The van der Waals surface area contributed by atoms with Crippen molar-refractivity contribution in [1.29, 1.82) is 0 Å². The minimum Gasteiger partial charge on any atom is -0.378 e. The third kappa shape index (κ3) is 6.33. The molecule has 7 nitrogen and oxygen atoms in total. The van der Waals surface area contributed by atoms with Crippen LogP contribution in [0.15, 0.2) is 18.2 Å². The molecule has 0 saturated heterocycles. The lowest BCUT2D eigenvalue weighted by molar-refractivity contribution is 0.0372. The van der Waals surface area contributed by atoms with Gasteiger partial charge in [0.1, 0.15) is 6.29 Å². The number of imide groups is 1. The standard InChI is InChI=1S/C15H18N2O5.C4H10.H2/c16-3-5-21-7-8-22-6-4-17-14(19)12-2-1-11(10-18)9-13(12)15(17)20;1-3-4-2;/h1-2,9-10H,3-8,16H2;3-4H2,1-2H3;1H. The molecule has 1 aliphatic rings. The molecular formula is C19H30N2O5. The predicted molar refractivity (Wildman–Crippen MR) is 101 cm³/mol. The molecule has 0 fully saturated rings. The van der Waals surface area contributed by atoms with Crippen LogP contribution >= 0.6 is 0 Å². The molecule has 0 radical (unpaired) electrons. The van der Waals surface area contributed by atoms with E-state index in [1.165, 1.54) is 31.0 Å². The normalized spacial score (nSPS) is 12.7. The number of carbonyl (C=O) groups is 3. The van der Waals surface area contributed by atoms with E-state index in [0.717, 1.165) is 4.90 Å². The summed E-state index contributed by atoms with van der Waals surface area (Å²) >= 11 is 0. The number of carbonyl (C=O) groups excluding carboxylic acids is 3. The molecule has 146 valence electrons. The largest absolute Gasteiger partial charge is 0.378 e. The van der Waals surface area contributed by atoms with Crippen molar-refractivity contribution in [2.24, 2.45) is 5.73 Å². The van der Waals surface area contributed by atoms with Crippen LogP contribution in [0.1, 0.15) is 59.2 Å². The highest BCUT2D eigenvalue weighted by Crippen LogP contribution is 2.23. The zero-order valence-electron chi connectivity index (χ0n) is 15.5. The van der Waals surface area contributed by atoms with Gasteiger partial charge in [0.05, 0.1) is 44.1 Å². The van der Waals surface area contributed by atoms with Crippen molar-refractivity contribution in [2.75, 3.05) is 39.5 Å². The van der Waals surface area contributed by atoms with Crippen molar-refractivity contribution in [2.45, 2.75) is 26.7 Å². The van der Waals surface area contributed by atoms with Gasteiger partial charge in [0, 0.05) is 13.5 Å². The SMILES string of the molecule is CCCC.NCCOCCOCCN1C(=O)c2ccc(C=O)cc2C1=O.[HH]. The summed E-state index contributed by atoms with van der Waals surface area (Å²) in [5.74, 6) is -0.757. The number of fused-ring (bicyclic) bond motifs is 1. The second-order valence-corrected chi connectivity index (χ2v) is 5.70. The van der Waals surface area contributed by atoms with Crippen molar-refractivity contribution in [3.05, 3.63) is 34.9 Å². The molecule has 2 amide bonds. The molecule has 2 rings (SSSR count). The number of nitrogens with zero attached hydrogens (tertiary/aromatic N) is 1. The van der Waals surface area contributed by atoms with Gasteiger partial charge in [-0.1, -0.05) is 32.8 Å². The molecule has 1 heterocycles. The van der Waals surface area contributed by atoms with Gasteiger partial charge in [0.15, 0.2) is 0 Å². The molecule has 0 unspecified atom stereocenters. The number of ether oxygens (including phenoxy) is 2. The van der Waals surface area contributed by atoms with Crippen LogP contribution in [0.2, 0.25) is 0 Å². The second-order valence-electron chi connectivity index (χ2n) is 5.70. The number of aldehydes is 1. The number of benzene rings is 1. The van der Waals surface area contributed by atoms with E-state index in [4.69, 9.17) is 15.2 Å². The van der Waals surface area contributed by atoms with E-state index in [0.29, 0.717) is 43.8 Å². The first-order chi connectivity index (χ1) is 12.6. The van der Waals surface area contributed by atoms with Crippen LogP contribution in [-0.4, -0.2) is 62.5 Å². The van der Waals surface area contributed by atoms with E-state index in [9.17, 15) is 14.4 Å². The average Bonchev–Trinajstić information content (AvgIpc) is 2.91. The van der Waals surface area contributed by atoms with Crippen LogP contribution in [0.4, 0.5) is 0 Å². The molecule has 1 aromatic carbocycles. The molecule has 1 aromatic rings. The smallest absolute Gasteiger partial charge is 0.261 e. The Morgan fingerprint density at radius 2 is 1.62 bits per heavy atom. The molecule has 0 spiro atoms. The van der Waals surface area contributed by atoms with Gasteiger partial charge in [0.2, 0.25) is 0 Å². The highest BCUT2D eigenvalue weighted by molar-refractivity contribution is 6.21. The summed E-state index contributed by atoms with van der Waals surface area (Å²) in [4.78, 5) is 36.2. The lowest BCUT2D eigenvalue weighted by Gasteiger charge is -2.13. The summed E-state index contributed by atoms with van der Waals surface area (Å²) in [5.41, 5.74) is 6.23. The quantitative estimate of drug-likeness (QED) is 0.387. The number of nitrogens with two attached hydrogens (primary N) is 1. The van der Waals surface area contributed by atoms with Gasteiger partial charge >= 0.3 is 0 Å². The van der Waals surface area contributed by atoms with E-state index in [1.54, 1.807) is 0 Å². The first kappa shape index (κ1) is 22.0. The molecule has 0 bridgehead atoms. The van der Waals surface area contributed by atoms with Crippen LogP contribution in [-0.2, 0) is 9.47 Å². The Hall–Kier alpha value is -2.09. The molecule has 1 aliphatic heterocycles. The fourth-order valence-electron chi connectivity index (χ4n) is 2.15. The zero-order chi connectivity index (χ0) is 19.4. The molecule has 7 heteroatoms. The lowest BCUT2D eigenvalue weighted by atomic mass is 10.1. The molecule has 26 heavy (non-hydrogen) atoms. The summed E-state index contributed by atoms with van der Waals surface area (Å²) in [5, 5.41) is 0. The van der Waals surface area contributed by atoms with Gasteiger partial charge in [-0.3, -0.25) is 19.3 Å². The Morgan fingerprint density at radius 1 is 1.00 bits per heavy atom. The first-order valence-electron chi connectivity index (χ1n) is 8.91. The van der Waals surface area contributed by atoms with E-state index in [1.807, 2.05) is 0 Å². The van der Waals surface area contributed by atoms with E-state index in [2.05, 4.69) is 13.8 Å². The van der Waals surface area contributed by atoms with Crippen LogP contribution < -0.4 is 5.73 Å². The number of hydrogen-bond acceptors (Lipinski definition) is 6. The summed E-state index contributed by atoms with van der Waals surface area (Å²) in [6.45, 7) is 6.48. The van der Waals surface area contributed by atoms with Crippen molar-refractivity contribution >= 4 is 18.1 Å². The van der Waals surface area contributed by atoms with Gasteiger partial charge in [-0.2, -0.15) is 0 Å². The maximum atomic E-state index is 12.2. The molecule has 0 saturated carbocycles. The number of rotatable bonds is 10. The fraction of sp³-hybridized carbons (Fsp3) is 0.526. The monoisotopic (exact) mass is 366 g/mol. The van der Waals surface area contributed by atoms with E-state index >= 15 is 0 Å². The van der Waals surface area contributed by atoms with Crippen LogP contribution in [0.5, 0.6) is 0 Å². The third-order valence-electron chi connectivity index (χ3n) is 3.72. The van der Waals surface area contributed by atoms with Crippen molar-refractivity contribution in [1.82, 2.24) is 4.90 Å². The Morgan fingerprint density at radius 3 is 2.19 bits per heavy atom. The summed E-state index contributed by atoms with van der Waals surface area (Å²) < 4.78 is 10.5. The second kappa shape index (κ2) is 12.3. The Labute approximate surface area is 155 Å². The maximum absolute atomic E-state index is 12.2. The molecule has 0 aromatic heterocycles. The molecular weight excluding hydrogens is 336 g/mol. The van der Waals surface area contributed by atoms with Gasteiger partial charge in [0.25, 0.3) is 11.8 Å². The first-order valence-corrected chi connectivity index (χ1v) is 8.91. The molecule has 2 N–H and O–H groups in total. The molecule has 0 atom stereocenters. The number of amides is 2. The van der Waals surface area contributed by atoms with Gasteiger partial charge in [-0.15, -0.1) is 0 Å². The predicted octanol–water partition coefficient (Wildman–Crippen LogP) is 2.14. The van der Waals surface area contributed by atoms with Crippen LogP contribution in [0.25, 0.3) is 0 Å². The average molecular weight is 366 g/mol. The zero-order valence-corrected chi connectivity index (χ0v) is 15.5. The lowest BCUT2D eigenvalue weighted by Crippen LogP contribution is -2.33. The van der Waals surface area contributed by atoms with Gasteiger partial charge < -0.3 is 15.2 Å². The van der Waals surface area contributed by atoms with E-state index in [-0.39, 0.29) is 26.0 Å². The van der Waals surface area contributed by atoms with Gasteiger partial charge in [-0.25, -0.2) is 0 Å². The third-order valence-corrected chi connectivity index (χ3v) is 3.72. The van der Waals surface area contributed by atoms with Crippen LogP contribution in [0.3, 0.4) is 0 Å². The Bertz CT molecular complexity index is 608. The minimum absolute atomic E-state index is 0. The Balaban J connectivity index is 0.00000123. The van der Waals surface area contributed by atoms with Crippen LogP contribution in [0, 0.1) is 0 Å². The summed E-state index contributed by atoms with van der Waals surface area (Å²) in [7, 11) is 0. The topological polar surface area (TPSA) is 98.9 Å². The fourth-order valence-corrected chi connectivity index (χ4v) is 2.15.